The maximum absolute atomic E-state index is 11.5. The number of carboxylic acid groups (broad SMARTS) is 1. The molecule has 0 spiro atoms. The minimum atomic E-state index is -1.07. The van der Waals surface area contributed by atoms with Crippen molar-refractivity contribution >= 4 is 17.6 Å². The lowest BCUT2D eigenvalue weighted by atomic mass is 10.0. The van der Waals surface area contributed by atoms with E-state index in [-0.39, 0.29) is 12.8 Å². The molecule has 1 unspecified atom stereocenters. The monoisotopic (exact) mass is 310 g/mol. The number of carboxylic acids is 1. The van der Waals surface area contributed by atoms with Crippen LogP contribution >= 0.6 is 0 Å². The first-order valence-corrected chi connectivity index (χ1v) is 7.27. The fraction of sp³-hybridized carbons (Fsp3) is 0.167. The highest BCUT2D eigenvalue weighted by Gasteiger charge is 2.19. The minimum absolute atomic E-state index is 0.0165. The van der Waals surface area contributed by atoms with Gasteiger partial charge in [0.2, 0.25) is 5.91 Å². The fourth-order valence-corrected chi connectivity index (χ4v) is 2.19. The van der Waals surface area contributed by atoms with Gasteiger partial charge in [-0.3, -0.25) is 9.79 Å². The van der Waals surface area contributed by atoms with Gasteiger partial charge in [0.25, 0.3) is 0 Å². The first-order chi connectivity index (χ1) is 11.1. The molecule has 0 aromatic heterocycles. The maximum Gasteiger partial charge on any atom is 0.328 e. The average molecular weight is 310 g/mol. The number of amides is 1. The number of primary amides is 1. The number of hydrogen-bond donors (Lipinski definition) is 2. The average Bonchev–Trinajstić information content (AvgIpc) is 2.56. The number of rotatable bonds is 7. The van der Waals surface area contributed by atoms with Crippen molar-refractivity contribution in [1.29, 1.82) is 0 Å². The lowest BCUT2D eigenvalue weighted by Crippen LogP contribution is -2.23. The second-order valence-electron chi connectivity index (χ2n) is 5.07. The number of nitrogens with two attached hydrogens (primary N) is 1. The van der Waals surface area contributed by atoms with E-state index in [0.717, 1.165) is 11.1 Å². The maximum atomic E-state index is 11.5. The van der Waals surface area contributed by atoms with Crippen LogP contribution < -0.4 is 5.73 Å². The second-order valence-corrected chi connectivity index (χ2v) is 5.07. The van der Waals surface area contributed by atoms with Crippen LogP contribution in [0.5, 0.6) is 0 Å². The van der Waals surface area contributed by atoms with E-state index in [9.17, 15) is 14.7 Å². The summed E-state index contributed by atoms with van der Waals surface area (Å²) in [5.74, 6) is -1.61. The largest absolute Gasteiger partial charge is 0.480 e. The molecule has 0 radical (unpaired) electrons. The molecular formula is C18H18N2O3. The topological polar surface area (TPSA) is 92.8 Å². The van der Waals surface area contributed by atoms with Crippen LogP contribution in [0.1, 0.15) is 24.0 Å². The minimum Gasteiger partial charge on any atom is -0.480 e. The summed E-state index contributed by atoms with van der Waals surface area (Å²) in [5.41, 5.74) is 7.35. The van der Waals surface area contributed by atoms with Gasteiger partial charge in [-0.2, -0.15) is 0 Å². The molecule has 118 valence electrons. The number of benzene rings is 2. The van der Waals surface area contributed by atoms with E-state index in [1.165, 1.54) is 0 Å². The molecule has 0 saturated carbocycles. The van der Waals surface area contributed by atoms with Gasteiger partial charge in [0.15, 0.2) is 0 Å². The van der Waals surface area contributed by atoms with Gasteiger partial charge in [0.05, 0.1) is 5.71 Å². The van der Waals surface area contributed by atoms with Gasteiger partial charge in [-0.25, -0.2) is 4.79 Å². The van der Waals surface area contributed by atoms with E-state index in [1.54, 1.807) is 0 Å². The van der Waals surface area contributed by atoms with Crippen LogP contribution in [0.3, 0.4) is 0 Å². The molecule has 0 aliphatic heterocycles. The fourth-order valence-electron chi connectivity index (χ4n) is 2.19. The highest BCUT2D eigenvalue weighted by molar-refractivity contribution is 6.13. The number of nitrogens with zero attached hydrogens (tertiary/aromatic N) is 1. The second kappa shape index (κ2) is 7.89. The quantitative estimate of drug-likeness (QED) is 0.768. The predicted molar refractivity (Wildman–Crippen MR) is 88.4 cm³/mol. The van der Waals surface area contributed by atoms with Crippen molar-refractivity contribution in [2.24, 2.45) is 10.7 Å². The summed E-state index contributed by atoms with van der Waals surface area (Å²) in [5, 5.41) is 9.37. The summed E-state index contributed by atoms with van der Waals surface area (Å²) in [6, 6.07) is 17.7. The Hall–Kier alpha value is -2.95. The van der Waals surface area contributed by atoms with Crippen LogP contribution in [0.4, 0.5) is 0 Å². The van der Waals surface area contributed by atoms with Crippen LogP contribution in [-0.4, -0.2) is 28.7 Å². The Bertz CT molecular complexity index is 655. The molecule has 2 aromatic carbocycles. The molecule has 1 atom stereocenters. The first kappa shape index (κ1) is 16.4. The Kier molecular flexibility index (Phi) is 5.63. The molecule has 5 nitrogen and oxygen atoms in total. The Morgan fingerprint density at radius 3 is 1.83 bits per heavy atom. The van der Waals surface area contributed by atoms with Gasteiger partial charge in [0, 0.05) is 17.5 Å². The molecule has 2 aromatic rings. The molecule has 0 saturated heterocycles. The molecular weight excluding hydrogens is 292 g/mol. The Labute approximate surface area is 134 Å². The Morgan fingerprint density at radius 2 is 1.43 bits per heavy atom. The van der Waals surface area contributed by atoms with Crippen LogP contribution in [0.2, 0.25) is 0 Å². The normalized spacial score (nSPS) is 11.5. The number of carbonyl (C=O) groups is 2. The zero-order chi connectivity index (χ0) is 16.7. The highest BCUT2D eigenvalue weighted by atomic mass is 16.4. The summed E-state index contributed by atoms with van der Waals surface area (Å²) >= 11 is 0. The molecule has 0 heterocycles. The van der Waals surface area contributed by atoms with Crippen LogP contribution in [0.25, 0.3) is 0 Å². The summed E-state index contributed by atoms with van der Waals surface area (Å²) < 4.78 is 0. The van der Waals surface area contributed by atoms with Crippen molar-refractivity contribution in [3.8, 4) is 0 Å². The van der Waals surface area contributed by atoms with Gasteiger partial charge >= 0.3 is 5.97 Å². The standard InChI is InChI=1S/C18H18N2O3/c19-16(21)12-11-15(18(22)23)20-17(13-7-3-1-4-8-13)14-9-5-2-6-10-14/h1-10,15H,11-12H2,(H2,19,21)(H,22,23). The lowest BCUT2D eigenvalue weighted by Gasteiger charge is -2.12. The molecule has 0 bridgehead atoms. The lowest BCUT2D eigenvalue weighted by molar-refractivity contribution is -0.138. The summed E-state index contributed by atoms with van der Waals surface area (Å²) in [6.45, 7) is 0. The Balaban J connectivity index is 2.43. The van der Waals surface area contributed by atoms with Crippen molar-refractivity contribution in [3.63, 3.8) is 0 Å². The zero-order valence-electron chi connectivity index (χ0n) is 12.6. The summed E-state index contributed by atoms with van der Waals surface area (Å²) in [6.07, 6.45) is 0.0607. The van der Waals surface area contributed by atoms with Gasteiger partial charge in [0.1, 0.15) is 6.04 Å². The van der Waals surface area contributed by atoms with Gasteiger partial charge in [-0.05, 0) is 6.42 Å². The van der Waals surface area contributed by atoms with E-state index in [4.69, 9.17) is 5.73 Å². The van der Waals surface area contributed by atoms with Crippen LogP contribution in [0, 0.1) is 0 Å². The zero-order valence-corrected chi connectivity index (χ0v) is 12.6. The van der Waals surface area contributed by atoms with Crippen LogP contribution in [0.15, 0.2) is 65.7 Å². The van der Waals surface area contributed by atoms with Crippen molar-refractivity contribution in [3.05, 3.63) is 71.8 Å². The number of carbonyl (C=O) groups excluding carboxylic acids is 1. The molecule has 5 heteroatoms. The van der Waals surface area contributed by atoms with E-state index in [1.807, 2.05) is 60.7 Å². The van der Waals surface area contributed by atoms with Crippen molar-refractivity contribution in [1.82, 2.24) is 0 Å². The van der Waals surface area contributed by atoms with Crippen molar-refractivity contribution in [2.75, 3.05) is 0 Å². The third kappa shape index (κ3) is 4.78. The van der Waals surface area contributed by atoms with E-state index < -0.39 is 17.9 Å². The van der Waals surface area contributed by atoms with Gasteiger partial charge in [-0.1, -0.05) is 60.7 Å². The number of aliphatic carboxylic acids is 1. The highest BCUT2D eigenvalue weighted by Crippen LogP contribution is 2.14. The van der Waals surface area contributed by atoms with E-state index in [0.29, 0.717) is 5.71 Å². The molecule has 0 fully saturated rings. The SMILES string of the molecule is NC(=O)CCC(N=C(c1ccccc1)c1ccccc1)C(=O)O. The predicted octanol–water partition coefficient (Wildman–Crippen LogP) is 2.24. The molecule has 0 aliphatic carbocycles. The van der Waals surface area contributed by atoms with E-state index in [2.05, 4.69) is 4.99 Å². The van der Waals surface area contributed by atoms with Crippen molar-refractivity contribution < 1.29 is 14.7 Å². The molecule has 0 aliphatic rings. The third-order valence-corrected chi connectivity index (χ3v) is 3.33. The summed E-state index contributed by atoms with van der Waals surface area (Å²) in [7, 11) is 0. The Morgan fingerprint density at radius 1 is 0.957 bits per heavy atom. The smallest absolute Gasteiger partial charge is 0.328 e. The van der Waals surface area contributed by atoms with E-state index >= 15 is 0 Å². The molecule has 23 heavy (non-hydrogen) atoms. The molecule has 3 N–H and O–H groups in total. The van der Waals surface area contributed by atoms with Gasteiger partial charge in [-0.15, -0.1) is 0 Å². The summed E-state index contributed by atoms with van der Waals surface area (Å²) in [4.78, 5) is 26.8. The first-order valence-electron chi connectivity index (χ1n) is 7.27. The third-order valence-electron chi connectivity index (χ3n) is 3.33. The van der Waals surface area contributed by atoms with Crippen molar-refractivity contribution in [2.45, 2.75) is 18.9 Å². The molecule has 1 amide bonds. The van der Waals surface area contributed by atoms with Gasteiger partial charge < -0.3 is 10.8 Å². The number of aliphatic imine (C=N–C) groups is 1. The number of hydrogen-bond acceptors (Lipinski definition) is 3. The molecule has 2 rings (SSSR count). The van der Waals surface area contributed by atoms with Crippen LogP contribution in [-0.2, 0) is 9.59 Å².